The quantitative estimate of drug-likeness (QED) is 0.897. The van der Waals surface area contributed by atoms with Crippen molar-refractivity contribution in [2.75, 3.05) is 0 Å². The molecule has 0 amide bonds. The summed E-state index contributed by atoms with van der Waals surface area (Å²) in [5.74, 6) is 0.462. The fourth-order valence-corrected chi connectivity index (χ4v) is 1.72. The molecule has 1 N–H and O–H groups in total. The van der Waals surface area contributed by atoms with Crippen molar-refractivity contribution >= 4 is 0 Å². The molecule has 0 saturated heterocycles. The molecule has 94 valence electrons. The molecule has 0 aliphatic rings. The van der Waals surface area contributed by atoms with E-state index in [-0.39, 0.29) is 12.4 Å². The third kappa shape index (κ3) is 3.08. The average Bonchev–Trinajstić information content (AvgIpc) is 2.38. The number of aliphatic hydroxyl groups excluding tert-OH is 1. The van der Waals surface area contributed by atoms with E-state index in [2.05, 4.69) is 0 Å². The lowest BCUT2D eigenvalue weighted by molar-refractivity contribution is 0.278. The Balaban J connectivity index is 2.06. The van der Waals surface area contributed by atoms with Gasteiger partial charge < -0.3 is 9.84 Å². The second-order valence-electron chi connectivity index (χ2n) is 4.17. The Hall–Kier alpha value is -1.87. The fraction of sp³-hybridized carbons (Fsp3) is 0.200. The second kappa shape index (κ2) is 5.65. The van der Waals surface area contributed by atoms with Crippen molar-refractivity contribution in [3.8, 4) is 5.75 Å². The van der Waals surface area contributed by atoms with Crippen molar-refractivity contribution in [2.24, 2.45) is 0 Å². The van der Waals surface area contributed by atoms with Gasteiger partial charge in [-0.25, -0.2) is 4.39 Å². The van der Waals surface area contributed by atoms with Crippen molar-refractivity contribution in [2.45, 2.75) is 20.1 Å². The molecule has 0 spiro atoms. The number of halogens is 1. The van der Waals surface area contributed by atoms with Crippen LogP contribution in [0.3, 0.4) is 0 Å². The highest BCUT2D eigenvalue weighted by atomic mass is 19.1. The van der Waals surface area contributed by atoms with Gasteiger partial charge in [0.1, 0.15) is 18.2 Å². The molecule has 2 rings (SSSR count). The van der Waals surface area contributed by atoms with E-state index in [1.807, 2.05) is 25.1 Å². The van der Waals surface area contributed by atoms with Gasteiger partial charge in [0.25, 0.3) is 0 Å². The summed E-state index contributed by atoms with van der Waals surface area (Å²) >= 11 is 0. The van der Waals surface area contributed by atoms with Crippen molar-refractivity contribution in [3.05, 3.63) is 65.0 Å². The summed E-state index contributed by atoms with van der Waals surface area (Å²) in [5, 5.41) is 9.02. The molecule has 3 heteroatoms. The van der Waals surface area contributed by atoms with E-state index in [0.29, 0.717) is 12.4 Å². The van der Waals surface area contributed by atoms with Crippen LogP contribution in [0.4, 0.5) is 4.39 Å². The lowest BCUT2D eigenvalue weighted by Gasteiger charge is -2.09. The summed E-state index contributed by atoms with van der Waals surface area (Å²) in [5.41, 5.74) is 2.63. The standard InChI is InChI=1S/C15H15FO2/c1-11-7-14(16)6-5-13(11)10-18-15-4-2-3-12(8-15)9-17/h2-8,17H,9-10H2,1H3. The molecule has 0 unspecified atom stereocenters. The Morgan fingerprint density at radius 3 is 2.72 bits per heavy atom. The van der Waals surface area contributed by atoms with Crippen LogP contribution < -0.4 is 4.74 Å². The zero-order valence-electron chi connectivity index (χ0n) is 10.2. The summed E-state index contributed by atoms with van der Waals surface area (Å²) in [4.78, 5) is 0. The molecular formula is C15H15FO2. The topological polar surface area (TPSA) is 29.5 Å². The molecule has 0 heterocycles. The van der Waals surface area contributed by atoms with Crippen LogP contribution in [0.5, 0.6) is 5.75 Å². The van der Waals surface area contributed by atoms with Gasteiger partial charge in [0.05, 0.1) is 6.61 Å². The van der Waals surface area contributed by atoms with Crippen LogP contribution >= 0.6 is 0 Å². The van der Waals surface area contributed by atoms with Gasteiger partial charge in [-0.1, -0.05) is 18.2 Å². The third-order valence-corrected chi connectivity index (χ3v) is 2.78. The first-order chi connectivity index (χ1) is 8.69. The number of hydrogen-bond donors (Lipinski definition) is 1. The third-order valence-electron chi connectivity index (χ3n) is 2.78. The first-order valence-electron chi connectivity index (χ1n) is 5.76. The minimum absolute atomic E-state index is 0.00717. The molecule has 0 aliphatic carbocycles. The van der Waals surface area contributed by atoms with E-state index in [9.17, 15) is 4.39 Å². The zero-order chi connectivity index (χ0) is 13.0. The fourth-order valence-electron chi connectivity index (χ4n) is 1.72. The summed E-state index contributed by atoms with van der Waals surface area (Å²) in [7, 11) is 0. The Labute approximate surface area is 106 Å². The smallest absolute Gasteiger partial charge is 0.123 e. The van der Waals surface area contributed by atoms with Gasteiger partial charge in [0.2, 0.25) is 0 Å². The predicted molar refractivity (Wildman–Crippen MR) is 67.8 cm³/mol. The van der Waals surface area contributed by atoms with E-state index < -0.39 is 0 Å². The highest BCUT2D eigenvalue weighted by molar-refractivity contribution is 5.30. The molecule has 2 nitrogen and oxygen atoms in total. The van der Waals surface area contributed by atoms with Gasteiger partial charge in [0, 0.05) is 0 Å². The highest BCUT2D eigenvalue weighted by Crippen LogP contribution is 2.17. The van der Waals surface area contributed by atoms with E-state index in [0.717, 1.165) is 16.7 Å². The van der Waals surface area contributed by atoms with Crippen molar-refractivity contribution < 1.29 is 14.2 Å². The normalized spacial score (nSPS) is 10.4. The van der Waals surface area contributed by atoms with Crippen LogP contribution in [-0.2, 0) is 13.2 Å². The summed E-state index contributed by atoms with van der Waals surface area (Å²) in [6.07, 6.45) is 0. The minimum atomic E-state index is -0.237. The van der Waals surface area contributed by atoms with E-state index in [1.54, 1.807) is 12.1 Å². The van der Waals surface area contributed by atoms with Crippen molar-refractivity contribution in [1.29, 1.82) is 0 Å². The molecule has 0 fully saturated rings. The molecule has 0 saturated carbocycles. The van der Waals surface area contributed by atoms with Gasteiger partial charge in [-0.3, -0.25) is 0 Å². The van der Waals surface area contributed by atoms with Gasteiger partial charge in [-0.2, -0.15) is 0 Å². The van der Waals surface area contributed by atoms with Crippen LogP contribution in [-0.4, -0.2) is 5.11 Å². The maximum absolute atomic E-state index is 12.9. The van der Waals surface area contributed by atoms with E-state index in [4.69, 9.17) is 9.84 Å². The average molecular weight is 246 g/mol. The second-order valence-corrected chi connectivity index (χ2v) is 4.17. The lowest BCUT2D eigenvalue weighted by atomic mass is 10.1. The van der Waals surface area contributed by atoms with Crippen molar-refractivity contribution in [1.82, 2.24) is 0 Å². The number of benzene rings is 2. The van der Waals surface area contributed by atoms with Crippen LogP contribution in [0, 0.1) is 12.7 Å². The summed E-state index contributed by atoms with van der Waals surface area (Å²) < 4.78 is 18.6. The Bertz CT molecular complexity index is 538. The predicted octanol–water partition coefficient (Wildman–Crippen LogP) is 3.21. The first-order valence-corrected chi connectivity index (χ1v) is 5.76. The van der Waals surface area contributed by atoms with Gasteiger partial charge in [-0.05, 0) is 47.9 Å². The molecule has 2 aromatic carbocycles. The van der Waals surface area contributed by atoms with Crippen molar-refractivity contribution in [3.63, 3.8) is 0 Å². The number of rotatable bonds is 4. The number of hydrogen-bond acceptors (Lipinski definition) is 2. The number of aliphatic hydroxyl groups is 1. The number of aryl methyl sites for hydroxylation is 1. The molecule has 2 aromatic rings. The van der Waals surface area contributed by atoms with Gasteiger partial charge >= 0.3 is 0 Å². The Morgan fingerprint density at radius 1 is 1.17 bits per heavy atom. The Kier molecular flexibility index (Phi) is 3.95. The van der Waals surface area contributed by atoms with Gasteiger partial charge in [0.15, 0.2) is 0 Å². The van der Waals surface area contributed by atoms with Crippen LogP contribution in [0.15, 0.2) is 42.5 Å². The summed E-state index contributed by atoms with van der Waals surface area (Å²) in [6, 6.07) is 11.9. The monoisotopic (exact) mass is 246 g/mol. The lowest BCUT2D eigenvalue weighted by Crippen LogP contribution is -1.98. The number of ether oxygens (including phenoxy) is 1. The molecule has 0 radical (unpaired) electrons. The largest absolute Gasteiger partial charge is 0.489 e. The molecule has 0 aromatic heterocycles. The van der Waals surface area contributed by atoms with E-state index >= 15 is 0 Å². The van der Waals surface area contributed by atoms with Gasteiger partial charge in [-0.15, -0.1) is 0 Å². The molecule has 0 atom stereocenters. The first kappa shape index (κ1) is 12.6. The van der Waals surface area contributed by atoms with Crippen LogP contribution in [0.1, 0.15) is 16.7 Å². The maximum atomic E-state index is 12.9. The minimum Gasteiger partial charge on any atom is -0.489 e. The zero-order valence-corrected chi connectivity index (χ0v) is 10.2. The van der Waals surface area contributed by atoms with Crippen LogP contribution in [0.25, 0.3) is 0 Å². The maximum Gasteiger partial charge on any atom is 0.123 e. The van der Waals surface area contributed by atoms with Crippen LogP contribution in [0.2, 0.25) is 0 Å². The highest BCUT2D eigenvalue weighted by Gasteiger charge is 2.02. The Morgan fingerprint density at radius 2 is 2.00 bits per heavy atom. The van der Waals surface area contributed by atoms with E-state index in [1.165, 1.54) is 12.1 Å². The molecule has 0 bridgehead atoms. The molecule has 0 aliphatic heterocycles. The summed E-state index contributed by atoms with van der Waals surface area (Å²) in [6.45, 7) is 2.24. The molecular weight excluding hydrogens is 231 g/mol. The SMILES string of the molecule is Cc1cc(F)ccc1COc1cccc(CO)c1. The molecule has 18 heavy (non-hydrogen) atoms.